The normalized spacial score (nSPS) is 28.3. The lowest BCUT2D eigenvalue weighted by Crippen LogP contribution is -2.58. The molecule has 5 heterocycles. The third kappa shape index (κ3) is 4.14. The van der Waals surface area contributed by atoms with Crippen molar-refractivity contribution in [2.45, 2.75) is 64.5 Å². The van der Waals surface area contributed by atoms with Gasteiger partial charge < -0.3 is 4.90 Å². The molecule has 2 aromatic rings. The minimum absolute atomic E-state index is 0.152. The summed E-state index contributed by atoms with van der Waals surface area (Å²) in [5.74, 6) is 1.14. The van der Waals surface area contributed by atoms with E-state index < -0.39 is 0 Å². The fourth-order valence-electron chi connectivity index (χ4n) is 5.66. The van der Waals surface area contributed by atoms with Crippen molar-refractivity contribution >= 4 is 5.91 Å². The molecular formula is C25H35N5O. The summed E-state index contributed by atoms with van der Waals surface area (Å²) in [5.41, 5.74) is 3.52. The van der Waals surface area contributed by atoms with Gasteiger partial charge in [0.25, 0.3) is 0 Å². The second-order valence-electron chi connectivity index (χ2n) is 10.7. The first-order chi connectivity index (χ1) is 14.9. The Kier molecular flexibility index (Phi) is 5.37. The molecule has 0 saturated carbocycles. The topological polar surface area (TPSA) is 54.3 Å². The Morgan fingerprint density at radius 3 is 2.48 bits per heavy atom. The lowest BCUT2D eigenvalue weighted by molar-refractivity contribution is -0.142. The van der Waals surface area contributed by atoms with E-state index in [1.165, 1.54) is 18.4 Å². The fourth-order valence-corrected chi connectivity index (χ4v) is 5.66. The van der Waals surface area contributed by atoms with E-state index in [0.29, 0.717) is 17.9 Å². The van der Waals surface area contributed by atoms with Crippen LogP contribution in [0.2, 0.25) is 0 Å². The molecular weight excluding hydrogens is 386 g/mol. The van der Waals surface area contributed by atoms with Crippen LogP contribution in [0.25, 0.3) is 11.3 Å². The number of hydrogen-bond acceptors (Lipinski definition) is 4. The maximum atomic E-state index is 13.0. The van der Waals surface area contributed by atoms with Crippen molar-refractivity contribution < 1.29 is 4.79 Å². The van der Waals surface area contributed by atoms with Gasteiger partial charge in [-0.3, -0.25) is 14.4 Å². The Morgan fingerprint density at radius 1 is 1.10 bits per heavy atom. The molecule has 1 amide bonds. The predicted molar refractivity (Wildman–Crippen MR) is 122 cm³/mol. The highest BCUT2D eigenvalue weighted by Crippen LogP contribution is 2.38. The van der Waals surface area contributed by atoms with Gasteiger partial charge in [0.2, 0.25) is 5.91 Å². The van der Waals surface area contributed by atoms with Gasteiger partial charge in [-0.2, -0.15) is 0 Å². The first kappa shape index (κ1) is 20.7. The maximum absolute atomic E-state index is 13.0. The van der Waals surface area contributed by atoms with Gasteiger partial charge in [0.05, 0.1) is 18.7 Å². The third-order valence-corrected chi connectivity index (χ3v) is 7.60. The number of hydrogen-bond donors (Lipinski definition) is 0. The number of benzene rings is 1. The molecule has 166 valence electrons. The van der Waals surface area contributed by atoms with E-state index in [1.807, 2.05) is 4.68 Å². The summed E-state index contributed by atoms with van der Waals surface area (Å²) in [6.07, 6.45) is 6.66. The number of nitrogens with zero attached hydrogens (tertiary/aromatic N) is 5. The van der Waals surface area contributed by atoms with Crippen LogP contribution in [0.4, 0.5) is 0 Å². The van der Waals surface area contributed by atoms with Crippen molar-refractivity contribution in [3.05, 3.63) is 36.0 Å². The number of piperidine rings is 3. The summed E-state index contributed by atoms with van der Waals surface area (Å²) >= 11 is 0. The van der Waals surface area contributed by atoms with Gasteiger partial charge in [-0.1, -0.05) is 50.3 Å². The average molecular weight is 422 g/mol. The van der Waals surface area contributed by atoms with E-state index in [-0.39, 0.29) is 11.3 Å². The van der Waals surface area contributed by atoms with Crippen LogP contribution in [0.3, 0.4) is 0 Å². The van der Waals surface area contributed by atoms with Crippen LogP contribution >= 0.6 is 0 Å². The number of aromatic nitrogens is 3. The van der Waals surface area contributed by atoms with Crippen molar-refractivity contribution in [3.63, 3.8) is 0 Å². The Labute approximate surface area is 185 Å². The van der Waals surface area contributed by atoms with E-state index in [0.717, 1.165) is 56.8 Å². The highest BCUT2D eigenvalue weighted by Gasteiger charge is 2.44. The van der Waals surface area contributed by atoms with Crippen molar-refractivity contribution in [3.8, 4) is 11.3 Å². The van der Waals surface area contributed by atoms with E-state index >= 15 is 0 Å². The first-order valence-electron chi connectivity index (χ1n) is 11.9. The summed E-state index contributed by atoms with van der Waals surface area (Å²) in [6, 6.07) is 9.14. The largest absolute Gasteiger partial charge is 0.342 e. The van der Waals surface area contributed by atoms with E-state index in [1.54, 1.807) is 0 Å². The molecule has 1 aromatic carbocycles. The number of likely N-dealkylation sites (tertiary alicyclic amines) is 1. The first-order valence-corrected chi connectivity index (χ1v) is 11.9. The Hall–Kier alpha value is -2.21. The van der Waals surface area contributed by atoms with Gasteiger partial charge in [-0.25, -0.2) is 0 Å². The van der Waals surface area contributed by atoms with Crippen LogP contribution in [0.5, 0.6) is 0 Å². The van der Waals surface area contributed by atoms with Gasteiger partial charge in [0.1, 0.15) is 5.69 Å². The summed E-state index contributed by atoms with van der Waals surface area (Å²) in [7, 11) is 0. The standard InChI is InChI=1S/C25H35N5O/c1-25(2,3)20-8-6-18(7-9-20)23-17-30(27-26-23)15-21-14-19-10-13-29(21)16-22(19)24(31)28-11-4-5-12-28/h6-9,17,19,21-22H,4-5,10-16H2,1-3H3. The van der Waals surface area contributed by atoms with Crippen LogP contribution in [-0.2, 0) is 16.8 Å². The van der Waals surface area contributed by atoms with E-state index in [4.69, 9.17) is 0 Å². The molecule has 0 N–H and O–H groups in total. The lowest BCUT2D eigenvalue weighted by atomic mass is 9.75. The van der Waals surface area contributed by atoms with Crippen molar-refractivity contribution in [2.24, 2.45) is 11.8 Å². The molecule has 4 saturated heterocycles. The zero-order chi connectivity index (χ0) is 21.6. The molecule has 4 aliphatic heterocycles. The maximum Gasteiger partial charge on any atom is 0.227 e. The molecule has 4 atom stereocenters. The number of carbonyl (C=O) groups is 1. The van der Waals surface area contributed by atoms with Gasteiger partial charge in [0, 0.05) is 31.2 Å². The van der Waals surface area contributed by atoms with Gasteiger partial charge in [0.15, 0.2) is 0 Å². The van der Waals surface area contributed by atoms with Crippen molar-refractivity contribution in [1.29, 1.82) is 0 Å². The molecule has 6 rings (SSSR count). The van der Waals surface area contributed by atoms with Gasteiger partial charge >= 0.3 is 0 Å². The number of carbonyl (C=O) groups excluding carboxylic acids is 1. The Morgan fingerprint density at radius 2 is 1.84 bits per heavy atom. The second kappa shape index (κ2) is 8.05. The van der Waals surface area contributed by atoms with Crippen molar-refractivity contribution in [1.82, 2.24) is 24.8 Å². The van der Waals surface area contributed by atoms with Crippen LogP contribution in [0.15, 0.2) is 30.5 Å². The molecule has 4 aliphatic rings. The molecule has 2 bridgehead atoms. The molecule has 6 heteroatoms. The fraction of sp³-hybridized carbons (Fsp3) is 0.640. The smallest absolute Gasteiger partial charge is 0.227 e. The SMILES string of the molecule is CC(C)(C)c1ccc(-c2cn(CC3CC4CCN3CC4C(=O)N3CCCC3)nn2)cc1. The number of fused-ring (bicyclic) bond motifs is 3. The van der Waals surface area contributed by atoms with Crippen LogP contribution in [-0.4, -0.2) is 62.9 Å². The van der Waals surface area contributed by atoms with Crippen LogP contribution in [0.1, 0.15) is 52.0 Å². The van der Waals surface area contributed by atoms with Crippen LogP contribution < -0.4 is 0 Å². The van der Waals surface area contributed by atoms with E-state index in [9.17, 15) is 4.79 Å². The molecule has 1 aromatic heterocycles. The van der Waals surface area contributed by atoms with Gasteiger partial charge in [-0.05, 0) is 49.1 Å². The summed E-state index contributed by atoms with van der Waals surface area (Å²) in [6.45, 7) is 11.5. The Bertz CT molecular complexity index is 922. The molecule has 31 heavy (non-hydrogen) atoms. The van der Waals surface area contributed by atoms with E-state index in [2.05, 4.69) is 71.3 Å². The predicted octanol–water partition coefficient (Wildman–Crippen LogP) is 3.58. The van der Waals surface area contributed by atoms with Crippen molar-refractivity contribution in [2.75, 3.05) is 26.2 Å². The minimum Gasteiger partial charge on any atom is -0.342 e. The third-order valence-electron chi connectivity index (χ3n) is 7.60. The summed E-state index contributed by atoms with van der Waals surface area (Å²) < 4.78 is 2.00. The zero-order valence-corrected chi connectivity index (χ0v) is 19.1. The lowest BCUT2D eigenvalue weighted by Gasteiger charge is -2.49. The minimum atomic E-state index is 0.152. The van der Waals surface area contributed by atoms with Crippen LogP contribution in [0, 0.1) is 11.8 Å². The highest BCUT2D eigenvalue weighted by atomic mass is 16.2. The Balaban J connectivity index is 1.23. The number of amides is 1. The molecule has 0 spiro atoms. The molecule has 4 unspecified atom stereocenters. The second-order valence-corrected chi connectivity index (χ2v) is 10.7. The molecule has 6 nitrogen and oxygen atoms in total. The van der Waals surface area contributed by atoms with Gasteiger partial charge in [-0.15, -0.1) is 5.10 Å². The molecule has 0 radical (unpaired) electrons. The molecule has 4 fully saturated rings. The number of rotatable bonds is 4. The molecule has 0 aliphatic carbocycles. The quantitative estimate of drug-likeness (QED) is 0.757. The summed E-state index contributed by atoms with van der Waals surface area (Å²) in [4.78, 5) is 17.6. The zero-order valence-electron chi connectivity index (χ0n) is 19.1. The highest BCUT2D eigenvalue weighted by molar-refractivity contribution is 5.80. The monoisotopic (exact) mass is 421 g/mol. The average Bonchev–Trinajstić information content (AvgIpc) is 3.46. The summed E-state index contributed by atoms with van der Waals surface area (Å²) in [5, 5.41) is 8.86.